The van der Waals surface area contributed by atoms with E-state index in [1.54, 1.807) is 6.26 Å². The summed E-state index contributed by atoms with van der Waals surface area (Å²) in [4.78, 5) is 13.1. The second-order valence-electron chi connectivity index (χ2n) is 9.84. The molecule has 0 fully saturated rings. The van der Waals surface area contributed by atoms with Crippen molar-refractivity contribution in [2.45, 2.75) is 70.1 Å². The predicted octanol–water partition coefficient (Wildman–Crippen LogP) is 8.03. The molecule has 1 heterocycles. The Morgan fingerprint density at radius 3 is 2.62 bits per heavy atom. The van der Waals surface area contributed by atoms with Gasteiger partial charge in [-0.1, -0.05) is 59.2 Å². The van der Waals surface area contributed by atoms with E-state index in [1.807, 2.05) is 6.07 Å². The first-order valence-corrected chi connectivity index (χ1v) is 12.6. The molecule has 0 aliphatic heterocycles. The molecule has 2 aromatic rings. The number of hydrogen-bond acceptors (Lipinski definition) is 3. The van der Waals surface area contributed by atoms with Crippen LogP contribution >= 0.6 is 0 Å². The van der Waals surface area contributed by atoms with Gasteiger partial charge in [0.1, 0.15) is 5.76 Å². The van der Waals surface area contributed by atoms with E-state index in [0.717, 1.165) is 62.7 Å². The SMILES string of the molecule is COC(=O)C1=C(C)CCCC2=C(CCC(c3ccco3)C2)C1c1ccc(C2=CC=CCC2)cc1. The van der Waals surface area contributed by atoms with E-state index < -0.39 is 0 Å². The lowest BCUT2D eigenvalue weighted by molar-refractivity contribution is -0.136. The van der Waals surface area contributed by atoms with Gasteiger partial charge in [0.05, 0.1) is 13.4 Å². The topological polar surface area (TPSA) is 39.4 Å². The Morgan fingerprint density at radius 1 is 1.06 bits per heavy atom. The molecule has 2 unspecified atom stereocenters. The Hall–Kier alpha value is -3.07. The molecule has 3 aliphatic rings. The van der Waals surface area contributed by atoms with Gasteiger partial charge >= 0.3 is 5.97 Å². The highest BCUT2D eigenvalue weighted by molar-refractivity contribution is 5.92. The Bertz CT molecular complexity index is 1160. The van der Waals surface area contributed by atoms with Gasteiger partial charge in [-0.3, -0.25) is 0 Å². The third-order valence-corrected chi connectivity index (χ3v) is 7.82. The smallest absolute Gasteiger partial charge is 0.334 e. The quantitative estimate of drug-likeness (QED) is 0.347. The number of methoxy groups -OCH3 is 1. The highest BCUT2D eigenvalue weighted by atomic mass is 16.5. The summed E-state index contributed by atoms with van der Waals surface area (Å²) in [6.07, 6.45) is 16.7. The Kier molecular flexibility index (Phi) is 6.71. The summed E-state index contributed by atoms with van der Waals surface area (Å²) in [6, 6.07) is 13.0. The number of furan rings is 1. The van der Waals surface area contributed by atoms with Crippen molar-refractivity contribution in [1.82, 2.24) is 0 Å². The minimum absolute atomic E-state index is 0.0328. The fourth-order valence-electron chi connectivity index (χ4n) is 6.04. The number of ether oxygens (including phenoxy) is 1. The first-order chi connectivity index (χ1) is 16.7. The maximum atomic E-state index is 13.1. The molecule has 3 heteroatoms. The minimum Gasteiger partial charge on any atom is -0.469 e. The van der Waals surface area contributed by atoms with E-state index in [9.17, 15) is 4.79 Å². The molecule has 1 aromatic carbocycles. The molecular formula is C31H34O3. The van der Waals surface area contributed by atoms with Crippen LogP contribution in [0.1, 0.15) is 87.0 Å². The summed E-state index contributed by atoms with van der Waals surface area (Å²) >= 11 is 0. The average Bonchev–Trinajstić information content (AvgIpc) is 3.42. The van der Waals surface area contributed by atoms with Crippen molar-refractivity contribution in [3.63, 3.8) is 0 Å². The third kappa shape index (κ3) is 4.49. The van der Waals surface area contributed by atoms with Crippen molar-refractivity contribution in [1.29, 1.82) is 0 Å². The number of benzene rings is 1. The summed E-state index contributed by atoms with van der Waals surface area (Å²) in [5, 5.41) is 0. The normalized spacial score (nSPS) is 23.2. The van der Waals surface area contributed by atoms with Crippen LogP contribution in [0.5, 0.6) is 0 Å². The van der Waals surface area contributed by atoms with Gasteiger partial charge in [-0.25, -0.2) is 4.79 Å². The maximum Gasteiger partial charge on any atom is 0.334 e. The molecule has 0 bridgehead atoms. The zero-order chi connectivity index (χ0) is 23.5. The lowest BCUT2D eigenvalue weighted by atomic mass is 9.70. The fraction of sp³-hybridized carbons (Fsp3) is 0.387. The summed E-state index contributed by atoms with van der Waals surface area (Å²) in [5.41, 5.74) is 8.80. The van der Waals surface area contributed by atoms with Crippen LogP contribution in [0.3, 0.4) is 0 Å². The van der Waals surface area contributed by atoms with Gasteiger partial charge in [0.2, 0.25) is 0 Å². The largest absolute Gasteiger partial charge is 0.469 e. The third-order valence-electron chi connectivity index (χ3n) is 7.82. The van der Waals surface area contributed by atoms with E-state index >= 15 is 0 Å². The van der Waals surface area contributed by atoms with Gasteiger partial charge in [-0.2, -0.15) is 0 Å². The Morgan fingerprint density at radius 2 is 1.91 bits per heavy atom. The Balaban J connectivity index is 1.57. The molecular weight excluding hydrogens is 420 g/mol. The molecule has 0 spiro atoms. The van der Waals surface area contributed by atoms with E-state index in [2.05, 4.69) is 55.5 Å². The highest BCUT2D eigenvalue weighted by Gasteiger charge is 2.35. The number of hydrogen-bond donors (Lipinski definition) is 0. The summed E-state index contributed by atoms with van der Waals surface area (Å²) in [7, 11) is 1.51. The van der Waals surface area contributed by atoms with Crippen molar-refractivity contribution in [3.8, 4) is 0 Å². The number of carbonyl (C=O) groups excluding carboxylic acids is 1. The molecule has 2 atom stereocenters. The summed E-state index contributed by atoms with van der Waals surface area (Å²) in [6.45, 7) is 2.12. The molecule has 34 heavy (non-hydrogen) atoms. The molecule has 0 radical (unpaired) electrons. The molecule has 0 N–H and O–H groups in total. The molecule has 5 rings (SSSR count). The van der Waals surface area contributed by atoms with Gasteiger partial charge in [-0.15, -0.1) is 0 Å². The van der Waals surface area contributed by atoms with Crippen molar-refractivity contribution in [2.24, 2.45) is 0 Å². The first-order valence-electron chi connectivity index (χ1n) is 12.6. The molecule has 0 amide bonds. The molecule has 3 aliphatic carbocycles. The molecule has 0 saturated heterocycles. The van der Waals surface area contributed by atoms with Gasteiger partial charge < -0.3 is 9.15 Å². The number of esters is 1. The number of carbonyl (C=O) groups is 1. The monoisotopic (exact) mass is 454 g/mol. The van der Waals surface area contributed by atoms with E-state index in [1.165, 1.54) is 40.5 Å². The number of allylic oxidation sites excluding steroid dienone is 7. The minimum atomic E-state index is -0.186. The zero-order valence-electron chi connectivity index (χ0n) is 20.3. The summed E-state index contributed by atoms with van der Waals surface area (Å²) in [5.74, 6) is 1.29. The van der Waals surface area contributed by atoms with Crippen LogP contribution in [0, 0.1) is 0 Å². The Labute approximate surface area is 202 Å². The maximum absolute atomic E-state index is 13.1. The van der Waals surface area contributed by atoms with Gasteiger partial charge in [-0.05, 0) is 87.1 Å². The lowest BCUT2D eigenvalue weighted by Crippen LogP contribution is -2.22. The van der Waals surface area contributed by atoms with Gasteiger partial charge in [0, 0.05) is 17.4 Å². The van der Waals surface area contributed by atoms with Crippen molar-refractivity contribution in [2.75, 3.05) is 7.11 Å². The zero-order valence-corrected chi connectivity index (χ0v) is 20.3. The van der Waals surface area contributed by atoms with Crippen molar-refractivity contribution < 1.29 is 13.9 Å². The average molecular weight is 455 g/mol. The number of rotatable bonds is 4. The molecule has 1 aromatic heterocycles. The van der Waals surface area contributed by atoms with Crippen LogP contribution < -0.4 is 0 Å². The fourth-order valence-corrected chi connectivity index (χ4v) is 6.04. The molecule has 0 saturated carbocycles. The first kappa shape index (κ1) is 22.7. The standard InChI is InChI=1S/C31H34O3/c1-21-8-6-11-25-20-26(28-12-7-19-34-28)17-18-27(25)30(29(21)31(32)33-2)24-15-13-23(14-16-24)22-9-4-3-5-10-22/h3-4,7,9,12-16,19,26,30H,5-6,8,10-11,17-18,20H2,1-2H3. The van der Waals surface area contributed by atoms with E-state index in [4.69, 9.17) is 9.15 Å². The van der Waals surface area contributed by atoms with Crippen molar-refractivity contribution >= 4 is 11.5 Å². The van der Waals surface area contributed by atoms with E-state index in [-0.39, 0.29) is 11.9 Å². The van der Waals surface area contributed by atoms with Crippen LogP contribution in [0.2, 0.25) is 0 Å². The summed E-state index contributed by atoms with van der Waals surface area (Å²) < 4.78 is 11.1. The van der Waals surface area contributed by atoms with Gasteiger partial charge in [0.25, 0.3) is 0 Å². The highest BCUT2D eigenvalue weighted by Crippen LogP contribution is 2.48. The van der Waals surface area contributed by atoms with Crippen LogP contribution in [-0.2, 0) is 9.53 Å². The predicted molar refractivity (Wildman–Crippen MR) is 136 cm³/mol. The van der Waals surface area contributed by atoms with Crippen LogP contribution in [0.4, 0.5) is 0 Å². The van der Waals surface area contributed by atoms with Crippen molar-refractivity contribution in [3.05, 3.63) is 100 Å². The van der Waals surface area contributed by atoms with Gasteiger partial charge in [0.15, 0.2) is 0 Å². The van der Waals surface area contributed by atoms with Crippen LogP contribution in [0.25, 0.3) is 5.57 Å². The van der Waals surface area contributed by atoms with E-state index in [0.29, 0.717) is 5.92 Å². The second kappa shape index (κ2) is 10.0. The molecule has 176 valence electrons. The van der Waals surface area contributed by atoms with Crippen LogP contribution in [-0.4, -0.2) is 13.1 Å². The van der Waals surface area contributed by atoms with Crippen LogP contribution in [0.15, 0.2) is 87.6 Å². The second-order valence-corrected chi connectivity index (χ2v) is 9.84. The lowest BCUT2D eigenvalue weighted by Gasteiger charge is -2.34. The molecule has 3 nitrogen and oxygen atoms in total.